The average Bonchev–Trinajstić information content (AvgIpc) is 2.79. The number of hydrogen-bond acceptors (Lipinski definition) is 2. The summed E-state index contributed by atoms with van der Waals surface area (Å²) >= 11 is 0. The van der Waals surface area contributed by atoms with Gasteiger partial charge in [0.05, 0.1) is 12.0 Å². The van der Waals surface area contributed by atoms with Crippen molar-refractivity contribution in [3.05, 3.63) is 71.8 Å². The van der Waals surface area contributed by atoms with Gasteiger partial charge in [-0.15, -0.1) is 0 Å². The van der Waals surface area contributed by atoms with Crippen LogP contribution in [-0.2, 0) is 10.2 Å². The number of rotatable bonds is 6. The number of aryl methyl sites for hydroxylation is 1. The first-order valence-electron chi connectivity index (χ1n) is 11.5. The molecule has 162 valence electrons. The molecule has 1 aliphatic rings. The van der Waals surface area contributed by atoms with Gasteiger partial charge in [-0.2, -0.15) is 0 Å². The molecule has 0 radical (unpaired) electrons. The van der Waals surface area contributed by atoms with E-state index in [4.69, 9.17) is 4.74 Å². The van der Waals surface area contributed by atoms with E-state index in [1.807, 2.05) is 24.3 Å². The molecule has 1 saturated carbocycles. The fourth-order valence-corrected chi connectivity index (χ4v) is 4.75. The van der Waals surface area contributed by atoms with E-state index in [9.17, 15) is 4.79 Å². The molecule has 0 atom stereocenters. The maximum Gasteiger partial charge on any atom is 0.235 e. The molecule has 0 spiro atoms. The molecule has 1 N–H and O–H groups in total. The average molecular weight is 416 g/mol. The molecule has 0 bridgehead atoms. The minimum absolute atomic E-state index is 0.110. The molecule has 1 amide bonds. The smallest absolute Gasteiger partial charge is 0.235 e. The molecule has 0 saturated heterocycles. The lowest BCUT2D eigenvalue weighted by Crippen LogP contribution is -2.42. The molecule has 4 rings (SSSR count). The van der Waals surface area contributed by atoms with E-state index < -0.39 is 5.41 Å². The lowest BCUT2D eigenvalue weighted by Gasteiger charge is -2.36. The molecule has 0 aliphatic heterocycles. The van der Waals surface area contributed by atoms with Gasteiger partial charge in [0.15, 0.2) is 0 Å². The van der Waals surface area contributed by atoms with Crippen LogP contribution >= 0.6 is 0 Å². The number of amides is 1. The number of fused-ring (bicyclic) bond motifs is 1. The third-order valence-corrected chi connectivity index (χ3v) is 6.42. The number of benzene rings is 3. The van der Waals surface area contributed by atoms with Crippen LogP contribution in [0, 0.1) is 12.8 Å². The number of nitrogens with one attached hydrogen (secondary N) is 1. The van der Waals surface area contributed by atoms with Crippen molar-refractivity contribution in [3.63, 3.8) is 0 Å². The van der Waals surface area contributed by atoms with Gasteiger partial charge in [-0.1, -0.05) is 87.2 Å². The number of carbonyl (C=O) groups is 1. The molecule has 3 nitrogen and oxygen atoms in total. The molecular weight excluding hydrogens is 382 g/mol. The van der Waals surface area contributed by atoms with Gasteiger partial charge in [0, 0.05) is 16.5 Å². The minimum atomic E-state index is -0.460. The van der Waals surface area contributed by atoms with Crippen molar-refractivity contribution in [1.82, 2.24) is 0 Å². The number of carbonyl (C=O) groups excluding carboxylic acids is 1. The Morgan fingerprint density at radius 3 is 2.42 bits per heavy atom. The Labute approximate surface area is 185 Å². The molecule has 31 heavy (non-hydrogen) atoms. The zero-order valence-electron chi connectivity index (χ0n) is 18.9. The fraction of sp³-hybridized carbons (Fsp3) is 0.393. The van der Waals surface area contributed by atoms with Crippen molar-refractivity contribution in [1.29, 1.82) is 0 Å². The largest absolute Gasteiger partial charge is 0.493 e. The monoisotopic (exact) mass is 415 g/mol. The SMILES string of the molecule is Cc1cccc(C2(C(=O)Nc3ccc(OCC(C)C)c4ccccc34)CCCCC2)c1. The summed E-state index contributed by atoms with van der Waals surface area (Å²) in [5, 5.41) is 5.37. The van der Waals surface area contributed by atoms with Crippen LogP contribution in [0.3, 0.4) is 0 Å². The number of hydrogen-bond donors (Lipinski definition) is 1. The highest BCUT2D eigenvalue weighted by Crippen LogP contribution is 2.41. The zero-order chi connectivity index (χ0) is 21.8. The highest BCUT2D eigenvalue weighted by atomic mass is 16.5. The van der Waals surface area contributed by atoms with Crippen LogP contribution in [0.5, 0.6) is 5.75 Å². The van der Waals surface area contributed by atoms with Gasteiger partial charge >= 0.3 is 0 Å². The molecule has 0 heterocycles. The first-order valence-corrected chi connectivity index (χ1v) is 11.5. The molecule has 1 aliphatic carbocycles. The maximum absolute atomic E-state index is 13.8. The highest BCUT2D eigenvalue weighted by molar-refractivity contribution is 6.07. The summed E-state index contributed by atoms with van der Waals surface area (Å²) in [7, 11) is 0. The summed E-state index contributed by atoms with van der Waals surface area (Å²) in [6.07, 6.45) is 5.17. The van der Waals surface area contributed by atoms with Gasteiger partial charge < -0.3 is 10.1 Å². The highest BCUT2D eigenvalue weighted by Gasteiger charge is 2.41. The van der Waals surface area contributed by atoms with Gasteiger partial charge in [-0.25, -0.2) is 0 Å². The van der Waals surface area contributed by atoms with Crippen LogP contribution in [-0.4, -0.2) is 12.5 Å². The van der Waals surface area contributed by atoms with Crippen molar-refractivity contribution >= 4 is 22.4 Å². The predicted octanol–water partition coefficient (Wildman–Crippen LogP) is 7.02. The van der Waals surface area contributed by atoms with Crippen LogP contribution in [0.25, 0.3) is 10.8 Å². The Morgan fingerprint density at radius 1 is 0.968 bits per heavy atom. The quantitative estimate of drug-likeness (QED) is 0.469. The minimum Gasteiger partial charge on any atom is -0.493 e. The van der Waals surface area contributed by atoms with Crippen molar-refractivity contribution in [3.8, 4) is 5.75 Å². The van der Waals surface area contributed by atoms with Gasteiger partial charge in [-0.05, 0) is 43.4 Å². The standard InChI is InChI=1S/C28H33NO2/c1-20(2)19-31-26-15-14-25(23-12-5-6-13-24(23)26)29-27(30)28(16-7-4-8-17-28)22-11-9-10-21(3)18-22/h5-6,9-15,18,20H,4,7-8,16-17,19H2,1-3H3,(H,29,30). The Hall–Kier alpha value is -2.81. The van der Waals surface area contributed by atoms with Crippen molar-refractivity contribution in [2.45, 2.75) is 58.3 Å². The lowest BCUT2D eigenvalue weighted by atomic mass is 9.68. The van der Waals surface area contributed by atoms with Crippen LogP contribution in [0.1, 0.15) is 57.1 Å². The van der Waals surface area contributed by atoms with E-state index in [0.29, 0.717) is 12.5 Å². The molecular formula is C28H33NO2. The fourth-order valence-electron chi connectivity index (χ4n) is 4.75. The van der Waals surface area contributed by atoms with Gasteiger partial charge in [0.1, 0.15) is 5.75 Å². The van der Waals surface area contributed by atoms with Gasteiger partial charge in [-0.3, -0.25) is 4.79 Å². The Morgan fingerprint density at radius 2 is 1.71 bits per heavy atom. The number of anilines is 1. The van der Waals surface area contributed by atoms with E-state index in [1.165, 1.54) is 12.0 Å². The third kappa shape index (κ3) is 4.46. The van der Waals surface area contributed by atoms with Crippen molar-refractivity contribution < 1.29 is 9.53 Å². The van der Waals surface area contributed by atoms with Crippen molar-refractivity contribution in [2.24, 2.45) is 5.92 Å². The Bertz CT molecular complexity index is 1060. The van der Waals surface area contributed by atoms with Crippen LogP contribution in [0.4, 0.5) is 5.69 Å². The summed E-state index contributed by atoms with van der Waals surface area (Å²) in [5.74, 6) is 1.44. The zero-order valence-corrected chi connectivity index (χ0v) is 18.9. The van der Waals surface area contributed by atoms with E-state index >= 15 is 0 Å². The first kappa shape index (κ1) is 21.4. The summed E-state index contributed by atoms with van der Waals surface area (Å²) < 4.78 is 6.05. The summed E-state index contributed by atoms with van der Waals surface area (Å²) in [4.78, 5) is 13.8. The Balaban J connectivity index is 1.69. The third-order valence-electron chi connectivity index (χ3n) is 6.42. The van der Waals surface area contributed by atoms with E-state index in [-0.39, 0.29) is 5.91 Å². The topological polar surface area (TPSA) is 38.3 Å². The van der Waals surface area contributed by atoms with E-state index in [2.05, 4.69) is 62.5 Å². The van der Waals surface area contributed by atoms with Crippen LogP contribution in [0.2, 0.25) is 0 Å². The second-order valence-corrected chi connectivity index (χ2v) is 9.33. The molecule has 3 aromatic rings. The van der Waals surface area contributed by atoms with Gasteiger partial charge in [0.25, 0.3) is 0 Å². The predicted molar refractivity (Wildman–Crippen MR) is 129 cm³/mol. The molecule has 3 heteroatoms. The maximum atomic E-state index is 13.8. The van der Waals surface area contributed by atoms with Crippen LogP contribution in [0.15, 0.2) is 60.7 Å². The summed E-state index contributed by atoms with van der Waals surface area (Å²) in [6.45, 7) is 7.06. The van der Waals surface area contributed by atoms with Gasteiger partial charge in [0.2, 0.25) is 5.91 Å². The Kier molecular flexibility index (Phi) is 6.31. The van der Waals surface area contributed by atoms with E-state index in [0.717, 1.165) is 53.5 Å². The summed E-state index contributed by atoms with van der Waals surface area (Å²) in [5.41, 5.74) is 2.74. The molecule has 3 aromatic carbocycles. The first-order chi connectivity index (χ1) is 15.0. The molecule has 1 fully saturated rings. The molecule has 0 aromatic heterocycles. The second kappa shape index (κ2) is 9.13. The van der Waals surface area contributed by atoms with Crippen molar-refractivity contribution in [2.75, 3.05) is 11.9 Å². The van der Waals surface area contributed by atoms with Crippen LogP contribution < -0.4 is 10.1 Å². The normalized spacial score (nSPS) is 15.7. The van der Waals surface area contributed by atoms with E-state index in [1.54, 1.807) is 0 Å². The number of ether oxygens (including phenoxy) is 1. The lowest BCUT2D eigenvalue weighted by molar-refractivity contribution is -0.122. The molecule has 0 unspecified atom stereocenters. The second-order valence-electron chi connectivity index (χ2n) is 9.33. The summed E-state index contributed by atoms with van der Waals surface area (Å²) in [6, 6.07) is 20.6.